The maximum atomic E-state index is 12.2. The average Bonchev–Trinajstić information content (AvgIpc) is 2.46. The van der Waals surface area contributed by atoms with Crippen LogP contribution in [0.15, 0.2) is 43.0 Å². The highest BCUT2D eigenvalue weighted by Crippen LogP contribution is 2.17. The molecule has 0 aliphatic rings. The lowest BCUT2D eigenvalue weighted by Crippen LogP contribution is -2.41. The van der Waals surface area contributed by atoms with Gasteiger partial charge in [0.15, 0.2) is 12.3 Å². The Balaban J connectivity index is 2.55. The van der Waals surface area contributed by atoms with E-state index in [0.717, 1.165) is 6.08 Å². The minimum atomic E-state index is -1.34. The number of alkyl carbamates (subject to hydrolysis) is 1. The molecule has 0 aliphatic carbocycles. The van der Waals surface area contributed by atoms with Crippen molar-refractivity contribution >= 4 is 17.8 Å². The number of Topliss-reactive ketones (excluding diaryl/α,β-unsaturated/α-hetero) is 1. The van der Waals surface area contributed by atoms with Crippen molar-refractivity contribution in [2.24, 2.45) is 0 Å². The first kappa shape index (κ1) is 16.4. The van der Waals surface area contributed by atoms with E-state index >= 15 is 0 Å². The first-order valence-electron chi connectivity index (χ1n) is 6.22. The maximum absolute atomic E-state index is 12.2. The second-order valence-electron chi connectivity index (χ2n) is 4.58. The van der Waals surface area contributed by atoms with Crippen LogP contribution in [-0.4, -0.2) is 30.2 Å². The molecule has 0 saturated carbocycles. The number of amides is 1. The summed E-state index contributed by atoms with van der Waals surface area (Å²) < 4.78 is 9.62. The van der Waals surface area contributed by atoms with Gasteiger partial charge in [-0.2, -0.15) is 0 Å². The quantitative estimate of drug-likeness (QED) is 0.375. The van der Waals surface area contributed by atoms with E-state index in [4.69, 9.17) is 4.74 Å². The molecule has 0 bridgehead atoms. The van der Waals surface area contributed by atoms with E-state index < -0.39 is 17.7 Å². The van der Waals surface area contributed by atoms with Crippen molar-refractivity contribution in [1.82, 2.24) is 5.32 Å². The summed E-state index contributed by atoms with van der Waals surface area (Å²) >= 11 is 0. The predicted molar refractivity (Wildman–Crippen MR) is 75.6 cm³/mol. The van der Waals surface area contributed by atoms with Crippen LogP contribution < -0.4 is 5.32 Å². The SMILES string of the molecule is C=CC(=O)OCNC(=O)OC(C)(C)C(=O)c1ccccc1. The van der Waals surface area contributed by atoms with Gasteiger partial charge in [-0.1, -0.05) is 36.9 Å². The zero-order valence-corrected chi connectivity index (χ0v) is 11.9. The van der Waals surface area contributed by atoms with Crippen molar-refractivity contribution < 1.29 is 23.9 Å². The number of nitrogens with one attached hydrogen (secondary N) is 1. The number of benzene rings is 1. The topological polar surface area (TPSA) is 81.7 Å². The van der Waals surface area contributed by atoms with Gasteiger partial charge in [-0.05, 0) is 13.8 Å². The summed E-state index contributed by atoms with van der Waals surface area (Å²) in [6.45, 7) is 5.82. The zero-order valence-electron chi connectivity index (χ0n) is 11.9. The van der Waals surface area contributed by atoms with E-state index in [2.05, 4.69) is 16.6 Å². The Morgan fingerprint density at radius 1 is 1.24 bits per heavy atom. The molecule has 1 aromatic rings. The second-order valence-corrected chi connectivity index (χ2v) is 4.58. The smallest absolute Gasteiger partial charge is 0.410 e. The molecule has 1 N–H and O–H groups in total. The first-order chi connectivity index (χ1) is 9.86. The van der Waals surface area contributed by atoms with Gasteiger partial charge in [-0.15, -0.1) is 0 Å². The predicted octanol–water partition coefficient (Wildman–Crippen LogP) is 2.06. The number of ketones is 1. The lowest BCUT2D eigenvalue weighted by Gasteiger charge is -2.23. The van der Waals surface area contributed by atoms with Crippen LogP contribution in [0.3, 0.4) is 0 Å². The number of carbonyl (C=O) groups excluding carboxylic acids is 3. The molecule has 0 radical (unpaired) electrons. The van der Waals surface area contributed by atoms with Gasteiger partial charge >= 0.3 is 12.1 Å². The van der Waals surface area contributed by atoms with Crippen molar-refractivity contribution in [1.29, 1.82) is 0 Å². The minimum absolute atomic E-state index is 0.332. The molecule has 6 heteroatoms. The lowest BCUT2D eigenvalue weighted by molar-refractivity contribution is -0.138. The summed E-state index contributed by atoms with van der Waals surface area (Å²) in [5.41, 5.74) is -0.901. The van der Waals surface area contributed by atoms with Crippen LogP contribution in [0.4, 0.5) is 4.79 Å². The van der Waals surface area contributed by atoms with Gasteiger partial charge in [0, 0.05) is 11.6 Å². The van der Waals surface area contributed by atoms with Crippen molar-refractivity contribution in [3.05, 3.63) is 48.6 Å². The molecule has 6 nitrogen and oxygen atoms in total. The van der Waals surface area contributed by atoms with Crippen molar-refractivity contribution in [3.63, 3.8) is 0 Å². The molecule has 1 rings (SSSR count). The molecule has 1 amide bonds. The van der Waals surface area contributed by atoms with Crippen LogP contribution in [-0.2, 0) is 14.3 Å². The van der Waals surface area contributed by atoms with Crippen LogP contribution in [0.1, 0.15) is 24.2 Å². The summed E-state index contributed by atoms with van der Waals surface area (Å²) in [5, 5.41) is 2.21. The summed E-state index contributed by atoms with van der Waals surface area (Å²) in [6.07, 6.45) is 0.108. The Kier molecular flexibility index (Phi) is 5.66. The molecule has 0 atom stereocenters. The van der Waals surface area contributed by atoms with Gasteiger partial charge in [-0.3, -0.25) is 10.1 Å². The third-order valence-electron chi connectivity index (χ3n) is 2.53. The standard InChI is InChI=1S/C15H17NO5/c1-4-12(17)20-10-16-14(19)21-15(2,3)13(18)11-8-6-5-7-9-11/h4-9H,1,10H2,2-3H3,(H,16,19). The third-order valence-corrected chi connectivity index (χ3v) is 2.53. The monoisotopic (exact) mass is 291 g/mol. The van der Waals surface area contributed by atoms with Crippen LogP contribution in [0.2, 0.25) is 0 Å². The Labute approximate surface area is 122 Å². The van der Waals surface area contributed by atoms with Gasteiger partial charge in [-0.25, -0.2) is 9.59 Å². The molecule has 0 spiro atoms. The van der Waals surface area contributed by atoms with E-state index in [9.17, 15) is 14.4 Å². The molecule has 0 saturated heterocycles. The largest absolute Gasteiger partial charge is 0.441 e. The molecular formula is C15H17NO5. The number of esters is 1. The Morgan fingerprint density at radius 2 is 1.86 bits per heavy atom. The van der Waals surface area contributed by atoms with Crippen LogP contribution in [0.5, 0.6) is 0 Å². The summed E-state index contributed by atoms with van der Waals surface area (Å²) in [6, 6.07) is 8.50. The second kappa shape index (κ2) is 7.23. The summed E-state index contributed by atoms with van der Waals surface area (Å²) in [7, 11) is 0. The van der Waals surface area contributed by atoms with Gasteiger partial charge in [0.2, 0.25) is 5.78 Å². The number of carbonyl (C=O) groups is 3. The number of rotatable bonds is 6. The summed E-state index contributed by atoms with van der Waals surface area (Å²) in [5.74, 6) is -1.00. The van der Waals surface area contributed by atoms with Gasteiger partial charge in [0.1, 0.15) is 0 Å². The zero-order chi connectivity index (χ0) is 15.9. The van der Waals surface area contributed by atoms with Gasteiger partial charge in [0.25, 0.3) is 0 Å². The number of hydrogen-bond donors (Lipinski definition) is 1. The molecular weight excluding hydrogens is 274 g/mol. The van der Waals surface area contributed by atoms with Crippen LogP contribution >= 0.6 is 0 Å². The van der Waals surface area contributed by atoms with E-state index in [1.54, 1.807) is 30.3 Å². The fourth-order valence-electron chi connectivity index (χ4n) is 1.48. The maximum Gasteiger partial charge on any atom is 0.410 e. The number of hydrogen-bond acceptors (Lipinski definition) is 5. The van der Waals surface area contributed by atoms with Crippen LogP contribution in [0, 0.1) is 0 Å². The molecule has 0 heterocycles. The fraction of sp³-hybridized carbons (Fsp3) is 0.267. The molecule has 0 unspecified atom stereocenters. The Bertz CT molecular complexity index is 536. The Morgan fingerprint density at radius 3 is 2.43 bits per heavy atom. The van der Waals surface area contributed by atoms with Crippen LogP contribution in [0.25, 0.3) is 0 Å². The highest BCUT2D eigenvalue weighted by Gasteiger charge is 2.32. The highest BCUT2D eigenvalue weighted by molar-refractivity contribution is 6.02. The Hall–Kier alpha value is -2.63. The normalized spacial score (nSPS) is 10.4. The van der Waals surface area contributed by atoms with E-state index in [0.29, 0.717) is 5.56 Å². The van der Waals surface area contributed by atoms with Gasteiger partial charge in [0.05, 0.1) is 0 Å². The third kappa shape index (κ3) is 5.10. The van der Waals surface area contributed by atoms with E-state index in [1.165, 1.54) is 13.8 Å². The van der Waals surface area contributed by atoms with E-state index in [1.807, 2.05) is 0 Å². The van der Waals surface area contributed by atoms with E-state index in [-0.39, 0.29) is 12.5 Å². The molecule has 21 heavy (non-hydrogen) atoms. The highest BCUT2D eigenvalue weighted by atomic mass is 16.6. The molecule has 112 valence electrons. The summed E-state index contributed by atoms with van der Waals surface area (Å²) in [4.78, 5) is 34.6. The molecule has 1 aromatic carbocycles. The first-order valence-corrected chi connectivity index (χ1v) is 6.22. The molecule has 0 aromatic heterocycles. The van der Waals surface area contributed by atoms with Crippen molar-refractivity contribution in [2.45, 2.75) is 19.4 Å². The van der Waals surface area contributed by atoms with Gasteiger partial charge < -0.3 is 9.47 Å². The minimum Gasteiger partial charge on any atom is -0.441 e. The number of ether oxygens (including phenoxy) is 2. The molecule has 0 fully saturated rings. The van der Waals surface area contributed by atoms with Crippen molar-refractivity contribution in [3.8, 4) is 0 Å². The lowest BCUT2D eigenvalue weighted by atomic mass is 9.97. The molecule has 0 aliphatic heterocycles. The fourth-order valence-corrected chi connectivity index (χ4v) is 1.48. The van der Waals surface area contributed by atoms with Crippen molar-refractivity contribution in [2.75, 3.05) is 6.73 Å². The average molecular weight is 291 g/mol.